The van der Waals surface area contributed by atoms with E-state index in [0.717, 1.165) is 5.70 Å². The molecular formula is C11H15N. The van der Waals surface area contributed by atoms with Crippen LogP contribution < -0.4 is 5.73 Å². The molecule has 0 amide bonds. The molecule has 0 saturated carbocycles. The Bertz CT molecular complexity index is 248. The molecule has 0 aromatic carbocycles. The first-order valence-corrected chi connectivity index (χ1v) is 4.59. The van der Waals surface area contributed by atoms with Gasteiger partial charge in [0.25, 0.3) is 0 Å². The summed E-state index contributed by atoms with van der Waals surface area (Å²) in [6, 6.07) is 0. The number of hydrogen-bond donors (Lipinski definition) is 1. The van der Waals surface area contributed by atoms with Crippen molar-refractivity contribution in [1.82, 2.24) is 0 Å². The maximum absolute atomic E-state index is 5.71. The van der Waals surface area contributed by atoms with Crippen LogP contribution >= 0.6 is 0 Å². The normalized spacial score (nSPS) is 33.6. The van der Waals surface area contributed by atoms with Gasteiger partial charge in [0.15, 0.2) is 0 Å². The van der Waals surface area contributed by atoms with E-state index in [-0.39, 0.29) is 0 Å². The van der Waals surface area contributed by atoms with E-state index in [0.29, 0.717) is 17.8 Å². The highest BCUT2D eigenvalue weighted by atomic mass is 14.6. The van der Waals surface area contributed by atoms with Crippen LogP contribution in [0, 0.1) is 17.8 Å². The zero-order valence-corrected chi connectivity index (χ0v) is 7.40. The van der Waals surface area contributed by atoms with Gasteiger partial charge in [0.1, 0.15) is 0 Å². The fraction of sp³-hybridized carbons (Fsp3) is 0.455. The van der Waals surface area contributed by atoms with E-state index in [1.165, 1.54) is 6.42 Å². The van der Waals surface area contributed by atoms with Gasteiger partial charge >= 0.3 is 0 Å². The predicted molar refractivity (Wildman–Crippen MR) is 51.3 cm³/mol. The molecule has 2 aliphatic carbocycles. The van der Waals surface area contributed by atoms with Crippen molar-refractivity contribution in [3.05, 3.63) is 36.1 Å². The van der Waals surface area contributed by atoms with Crippen molar-refractivity contribution in [3.63, 3.8) is 0 Å². The van der Waals surface area contributed by atoms with Crippen molar-refractivity contribution in [2.45, 2.75) is 13.3 Å². The number of nitrogens with two attached hydrogens (primary N) is 1. The van der Waals surface area contributed by atoms with E-state index in [1.54, 1.807) is 0 Å². The molecule has 0 radical (unpaired) electrons. The standard InChI is InChI=1S/C11H15N/c1-8-10(7-11(8)12)6-9-4-2-3-5-9/h2-5,7-10H,6,12H2,1H3. The average molecular weight is 161 g/mol. The molecule has 0 aromatic heterocycles. The molecule has 12 heavy (non-hydrogen) atoms. The van der Waals surface area contributed by atoms with Crippen molar-refractivity contribution in [1.29, 1.82) is 0 Å². The molecule has 0 spiro atoms. The molecule has 2 aliphatic rings. The van der Waals surface area contributed by atoms with Crippen molar-refractivity contribution >= 4 is 0 Å². The summed E-state index contributed by atoms with van der Waals surface area (Å²) in [6.45, 7) is 2.21. The van der Waals surface area contributed by atoms with E-state index in [2.05, 4.69) is 37.3 Å². The van der Waals surface area contributed by atoms with Gasteiger partial charge in [-0.25, -0.2) is 0 Å². The van der Waals surface area contributed by atoms with E-state index >= 15 is 0 Å². The van der Waals surface area contributed by atoms with Crippen LogP contribution in [0.25, 0.3) is 0 Å². The summed E-state index contributed by atoms with van der Waals surface area (Å²) in [6.07, 6.45) is 12.2. The van der Waals surface area contributed by atoms with Crippen molar-refractivity contribution in [2.75, 3.05) is 0 Å². The Morgan fingerprint density at radius 3 is 2.50 bits per heavy atom. The smallest absolute Gasteiger partial charge is 0.00777 e. The maximum atomic E-state index is 5.71. The highest BCUT2D eigenvalue weighted by Crippen LogP contribution is 2.35. The van der Waals surface area contributed by atoms with Crippen LogP contribution in [0.1, 0.15) is 13.3 Å². The van der Waals surface area contributed by atoms with Gasteiger partial charge in [0, 0.05) is 11.6 Å². The molecular weight excluding hydrogens is 146 g/mol. The Morgan fingerprint density at radius 2 is 2.00 bits per heavy atom. The fourth-order valence-electron chi connectivity index (χ4n) is 1.89. The van der Waals surface area contributed by atoms with E-state index in [1.807, 2.05) is 0 Å². The molecule has 2 rings (SSSR count). The summed E-state index contributed by atoms with van der Waals surface area (Å²) < 4.78 is 0. The zero-order chi connectivity index (χ0) is 8.55. The fourth-order valence-corrected chi connectivity index (χ4v) is 1.89. The number of allylic oxidation sites excluding steroid dienone is 6. The van der Waals surface area contributed by atoms with Gasteiger partial charge in [-0.1, -0.05) is 37.3 Å². The first-order chi connectivity index (χ1) is 5.77. The Hall–Kier alpha value is -0.980. The summed E-state index contributed by atoms with van der Waals surface area (Å²) in [7, 11) is 0. The highest BCUT2D eigenvalue weighted by molar-refractivity contribution is 5.22. The van der Waals surface area contributed by atoms with Crippen LogP contribution in [0.4, 0.5) is 0 Å². The molecule has 2 N–H and O–H groups in total. The first kappa shape index (κ1) is 7.66. The second-order valence-corrected chi connectivity index (χ2v) is 3.79. The van der Waals surface area contributed by atoms with E-state index < -0.39 is 0 Å². The van der Waals surface area contributed by atoms with Gasteiger partial charge in [-0.3, -0.25) is 0 Å². The molecule has 0 heterocycles. The van der Waals surface area contributed by atoms with E-state index in [9.17, 15) is 0 Å². The summed E-state index contributed by atoms with van der Waals surface area (Å²) in [5.74, 6) is 1.97. The summed E-state index contributed by atoms with van der Waals surface area (Å²) >= 11 is 0. The topological polar surface area (TPSA) is 26.0 Å². The molecule has 1 heteroatoms. The summed E-state index contributed by atoms with van der Waals surface area (Å²) in [5, 5.41) is 0. The number of hydrogen-bond acceptors (Lipinski definition) is 1. The van der Waals surface area contributed by atoms with Crippen LogP contribution in [0.15, 0.2) is 36.1 Å². The predicted octanol–water partition coefficient (Wildman–Crippen LogP) is 2.23. The lowest BCUT2D eigenvalue weighted by molar-refractivity contribution is 0.376. The molecule has 2 atom stereocenters. The quantitative estimate of drug-likeness (QED) is 0.660. The molecule has 0 saturated heterocycles. The monoisotopic (exact) mass is 161 g/mol. The SMILES string of the molecule is CC1C(N)=CC1CC1C=CC=C1. The lowest BCUT2D eigenvalue weighted by Gasteiger charge is -2.32. The Balaban J connectivity index is 1.89. The lowest BCUT2D eigenvalue weighted by Crippen LogP contribution is -2.28. The lowest BCUT2D eigenvalue weighted by atomic mass is 9.75. The second-order valence-electron chi connectivity index (χ2n) is 3.79. The van der Waals surface area contributed by atoms with Crippen LogP contribution in [0.2, 0.25) is 0 Å². The van der Waals surface area contributed by atoms with Crippen LogP contribution in [-0.2, 0) is 0 Å². The van der Waals surface area contributed by atoms with Gasteiger partial charge in [-0.2, -0.15) is 0 Å². The molecule has 64 valence electrons. The molecule has 0 aromatic rings. The third-order valence-electron chi connectivity index (χ3n) is 2.95. The van der Waals surface area contributed by atoms with Crippen molar-refractivity contribution < 1.29 is 0 Å². The first-order valence-electron chi connectivity index (χ1n) is 4.59. The minimum absolute atomic E-state index is 0.604. The minimum atomic E-state index is 0.604. The number of rotatable bonds is 2. The Morgan fingerprint density at radius 1 is 1.33 bits per heavy atom. The van der Waals surface area contributed by atoms with Gasteiger partial charge in [-0.15, -0.1) is 0 Å². The molecule has 1 nitrogen and oxygen atoms in total. The third-order valence-corrected chi connectivity index (χ3v) is 2.95. The maximum Gasteiger partial charge on any atom is 0.00777 e. The highest BCUT2D eigenvalue weighted by Gasteiger charge is 2.27. The Kier molecular flexibility index (Phi) is 1.80. The average Bonchev–Trinajstić information content (AvgIpc) is 2.56. The molecule has 0 aliphatic heterocycles. The molecule has 0 bridgehead atoms. The second kappa shape index (κ2) is 2.81. The molecule has 2 unspecified atom stereocenters. The van der Waals surface area contributed by atoms with E-state index in [4.69, 9.17) is 5.73 Å². The van der Waals surface area contributed by atoms with Crippen LogP contribution in [0.5, 0.6) is 0 Å². The van der Waals surface area contributed by atoms with Crippen molar-refractivity contribution in [2.24, 2.45) is 23.5 Å². The Labute approximate surface area is 73.6 Å². The van der Waals surface area contributed by atoms with Crippen LogP contribution in [0.3, 0.4) is 0 Å². The minimum Gasteiger partial charge on any atom is -0.402 e. The van der Waals surface area contributed by atoms with Crippen molar-refractivity contribution in [3.8, 4) is 0 Å². The molecule has 0 fully saturated rings. The zero-order valence-electron chi connectivity index (χ0n) is 7.40. The van der Waals surface area contributed by atoms with Crippen LogP contribution in [-0.4, -0.2) is 0 Å². The summed E-state index contributed by atoms with van der Waals surface area (Å²) in [5.41, 5.74) is 6.79. The largest absolute Gasteiger partial charge is 0.402 e. The third kappa shape index (κ3) is 1.20. The van der Waals surface area contributed by atoms with Gasteiger partial charge in [-0.05, 0) is 18.3 Å². The van der Waals surface area contributed by atoms with Gasteiger partial charge < -0.3 is 5.73 Å². The summed E-state index contributed by atoms with van der Waals surface area (Å²) in [4.78, 5) is 0. The van der Waals surface area contributed by atoms with Gasteiger partial charge in [0.2, 0.25) is 0 Å². The van der Waals surface area contributed by atoms with Gasteiger partial charge in [0.05, 0.1) is 0 Å².